The summed E-state index contributed by atoms with van der Waals surface area (Å²) in [7, 11) is 1.40. The molecule has 0 radical (unpaired) electrons. The third kappa shape index (κ3) is 2.31. The summed E-state index contributed by atoms with van der Waals surface area (Å²) in [5.74, 6) is 0. The minimum absolute atomic E-state index is 0.234. The van der Waals surface area contributed by atoms with Crippen LogP contribution in [0, 0.1) is 0 Å². The van der Waals surface area contributed by atoms with E-state index in [-0.39, 0.29) is 6.61 Å². The molecule has 0 aliphatic carbocycles. The van der Waals surface area contributed by atoms with E-state index in [4.69, 9.17) is 14.6 Å². The normalized spacial score (nSPS) is 46.4. The van der Waals surface area contributed by atoms with Crippen LogP contribution in [0.25, 0.3) is 0 Å². The lowest BCUT2D eigenvalue weighted by Gasteiger charge is -2.39. The zero-order chi connectivity index (χ0) is 10.0. The molecule has 3 N–H and O–H groups in total. The second kappa shape index (κ2) is 4.85. The van der Waals surface area contributed by atoms with Crippen LogP contribution >= 0.6 is 22.6 Å². The molecule has 5 atom stereocenters. The third-order valence-corrected chi connectivity index (χ3v) is 3.11. The number of ether oxygens (including phenoxy) is 2. The topological polar surface area (TPSA) is 79.2 Å². The van der Waals surface area contributed by atoms with Crippen LogP contribution in [0.3, 0.4) is 0 Å². The molecule has 3 unspecified atom stereocenters. The predicted octanol–water partition coefficient (Wildman–Crippen LogP) is -1.12. The van der Waals surface area contributed by atoms with Gasteiger partial charge in [-0.2, -0.15) is 0 Å². The van der Waals surface area contributed by atoms with E-state index in [1.165, 1.54) is 7.11 Å². The summed E-state index contributed by atoms with van der Waals surface area (Å²) in [6.07, 6.45) is -3.25. The van der Waals surface area contributed by atoms with Gasteiger partial charge in [-0.05, 0) is 22.6 Å². The highest BCUT2D eigenvalue weighted by atomic mass is 127. The molecule has 0 aromatic carbocycles. The largest absolute Gasteiger partial charge is 0.394 e. The molecule has 0 amide bonds. The van der Waals surface area contributed by atoms with Crippen LogP contribution in [0.15, 0.2) is 0 Å². The predicted molar refractivity (Wildman–Crippen MR) is 52.6 cm³/mol. The second-order valence-corrected chi connectivity index (χ2v) is 4.12. The molecule has 0 saturated carbocycles. The average molecular weight is 304 g/mol. The maximum atomic E-state index is 9.54. The van der Waals surface area contributed by atoms with Crippen molar-refractivity contribution in [3.05, 3.63) is 0 Å². The summed E-state index contributed by atoms with van der Waals surface area (Å²) < 4.78 is 9.63. The molecule has 6 heteroatoms. The summed E-state index contributed by atoms with van der Waals surface area (Å²) in [6, 6.07) is 0. The van der Waals surface area contributed by atoms with E-state index in [2.05, 4.69) is 0 Å². The number of halogens is 1. The van der Waals surface area contributed by atoms with Crippen molar-refractivity contribution < 1.29 is 24.8 Å². The molecule has 13 heavy (non-hydrogen) atoms. The molecule has 78 valence electrons. The minimum atomic E-state index is -1.02. The van der Waals surface area contributed by atoms with Crippen LogP contribution in [-0.2, 0) is 9.47 Å². The molecular formula is C7H13IO5. The minimum Gasteiger partial charge on any atom is -0.394 e. The first kappa shape index (κ1) is 11.6. The van der Waals surface area contributed by atoms with Crippen molar-refractivity contribution in [2.45, 2.75) is 28.5 Å². The van der Waals surface area contributed by atoms with Crippen molar-refractivity contribution in [2.75, 3.05) is 13.7 Å². The highest BCUT2D eigenvalue weighted by molar-refractivity contribution is 14.1. The van der Waals surface area contributed by atoms with Gasteiger partial charge in [-0.3, -0.25) is 0 Å². The molecule has 1 fully saturated rings. The zero-order valence-electron chi connectivity index (χ0n) is 7.13. The number of rotatable bonds is 2. The lowest BCUT2D eigenvalue weighted by molar-refractivity contribution is -0.209. The summed E-state index contributed by atoms with van der Waals surface area (Å²) in [4.78, 5) is 0. The fourth-order valence-electron chi connectivity index (χ4n) is 1.33. The molecule has 0 spiro atoms. The molecule has 1 saturated heterocycles. The fourth-order valence-corrected chi connectivity index (χ4v) is 2.13. The standard InChI is InChI=1S/C7H13IO5/c1-12-6-3(2-9)13-7(8)5(11)4(6)10/h3-7,9-11H,2H2,1H3/t3?,4?,5?,6-,7-/m0/s1. The van der Waals surface area contributed by atoms with Crippen LogP contribution in [0.1, 0.15) is 0 Å². The van der Waals surface area contributed by atoms with E-state index in [0.29, 0.717) is 0 Å². The smallest absolute Gasteiger partial charge is 0.137 e. The molecule has 0 aromatic heterocycles. The number of hydrogen-bond donors (Lipinski definition) is 3. The second-order valence-electron chi connectivity index (χ2n) is 2.89. The van der Waals surface area contributed by atoms with Gasteiger partial charge in [0.2, 0.25) is 0 Å². The number of hydrogen-bond acceptors (Lipinski definition) is 5. The Morgan fingerprint density at radius 3 is 2.46 bits per heavy atom. The van der Waals surface area contributed by atoms with E-state index in [0.717, 1.165) is 0 Å². The average Bonchev–Trinajstić information content (AvgIpc) is 2.13. The third-order valence-electron chi connectivity index (χ3n) is 2.08. The van der Waals surface area contributed by atoms with E-state index in [1.54, 1.807) is 0 Å². The Labute approximate surface area is 89.8 Å². The van der Waals surface area contributed by atoms with Crippen molar-refractivity contribution in [1.82, 2.24) is 0 Å². The van der Waals surface area contributed by atoms with Crippen molar-refractivity contribution in [3.8, 4) is 0 Å². The van der Waals surface area contributed by atoms with Gasteiger partial charge in [-0.25, -0.2) is 0 Å². The fraction of sp³-hybridized carbons (Fsp3) is 1.00. The van der Waals surface area contributed by atoms with Gasteiger partial charge in [0.05, 0.1) is 6.61 Å². The van der Waals surface area contributed by atoms with Crippen molar-refractivity contribution in [3.63, 3.8) is 0 Å². The highest BCUT2D eigenvalue weighted by Crippen LogP contribution is 2.26. The maximum Gasteiger partial charge on any atom is 0.137 e. The summed E-state index contributed by atoms with van der Waals surface area (Å²) >= 11 is 1.86. The lowest BCUT2D eigenvalue weighted by atomic mass is 10.0. The van der Waals surface area contributed by atoms with Crippen molar-refractivity contribution in [1.29, 1.82) is 0 Å². The number of aliphatic hydroxyl groups is 3. The molecule has 1 rings (SSSR count). The molecule has 1 aliphatic rings. The van der Waals surface area contributed by atoms with Crippen molar-refractivity contribution >= 4 is 22.6 Å². The van der Waals surface area contributed by atoms with Gasteiger partial charge in [0.1, 0.15) is 28.5 Å². The van der Waals surface area contributed by atoms with Gasteiger partial charge in [0, 0.05) is 7.11 Å². The summed E-state index contributed by atoms with van der Waals surface area (Å²) in [5, 5.41) is 27.9. The summed E-state index contributed by atoms with van der Waals surface area (Å²) in [5.41, 5.74) is 0. The number of methoxy groups -OCH3 is 1. The Bertz CT molecular complexity index is 165. The Kier molecular flexibility index (Phi) is 4.33. The van der Waals surface area contributed by atoms with E-state index >= 15 is 0 Å². The Morgan fingerprint density at radius 2 is 2.00 bits per heavy atom. The SMILES string of the molecule is CO[C@H]1C(CO)O[C@H](I)C(O)C1O. The van der Waals surface area contributed by atoms with Crippen LogP contribution in [0.5, 0.6) is 0 Å². The Balaban J connectivity index is 2.69. The van der Waals surface area contributed by atoms with Gasteiger partial charge >= 0.3 is 0 Å². The maximum absolute atomic E-state index is 9.54. The molecule has 1 aliphatic heterocycles. The molecule has 0 bridgehead atoms. The van der Waals surface area contributed by atoms with Gasteiger partial charge in [-0.1, -0.05) is 0 Å². The molecule has 1 heterocycles. The Hall–Kier alpha value is 0.530. The molecule has 5 nitrogen and oxygen atoms in total. The van der Waals surface area contributed by atoms with Gasteiger partial charge in [0.15, 0.2) is 0 Å². The van der Waals surface area contributed by atoms with Crippen LogP contribution in [-0.4, -0.2) is 57.6 Å². The quantitative estimate of drug-likeness (QED) is 0.445. The van der Waals surface area contributed by atoms with Gasteiger partial charge in [-0.15, -0.1) is 0 Å². The summed E-state index contributed by atoms with van der Waals surface area (Å²) in [6.45, 7) is -0.234. The number of alkyl halides is 1. The molecular weight excluding hydrogens is 291 g/mol. The van der Waals surface area contributed by atoms with E-state index in [9.17, 15) is 10.2 Å². The number of aliphatic hydroxyl groups excluding tert-OH is 3. The molecule has 0 aromatic rings. The first-order valence-electron chi connectivity index (χ1n) is 3.91. The first-order chi connectivity index (χ1) is 6.11. The van der Waals surface area contributed by atoms with Gasteiger partial charge in [0.25, 0.3) is 0 Å². The van der Waals surface area contributed by atoms with E-state index < -0.39 is 28.5 Å². The monoisotopic (exact) mass is 304 g/mol. The highest BCUT2D eigenvalue weighted by Gasteiger charge is 2.43. The van der Waals surface area contributed by atoms with E-state index in [1.807, 2.05) is 22.6 Å². The van der Waals surface area contributed by atoms with Crippen molar-refractivity contribution in [2.24, 2.45) is 0 Å². The van der Waals surface area contributed by atoms with Crippen LogP contribution < -0.4 is 0 Å². The van der Waals surface area contributed by atoms with Crippen LogP contribution in [0.4, 0.5) is 0 Å². The Morgan fingerprint density at radius 1 is 1.38 bits per heavy atom. The van der Waals surface area contributed by atoms with Gasteiger partial charge < -0.3 is 24.8 Å². The lowest BCUT2D eigenvalue weighted by Crippen LogP contribution is -2.57. The zero-order valence-corrected chi connectivity index (χ0v) is 9.29. The first-order valence-corrected chi connectivity index (χ1v) is 5.15. The van der Waals surface area contributed by atoms with Crippen LogP contribution in [0.2, 0.25) is 0 Å².